The normalized spacial score (nSPS) is 12.3. The molecule has 1 atom stereocenters. The van der Waals surface area contributed by atoms with Crippen LogP contribution in [-0.2, 0) is 32.6 Å². The number of hydrogen-bond donors (Lipinski definition) is 1. The molecule has 0 bridgehead atoms. The van der Waals surface area contributed by atoms with Gasteiger partial charge in [-0.25, -0.2) is 8.42 Å². The number of carbonyl (C=O) groups excluding carboxylic acids is 2. The first-order valence-electron chi connectivity index (χ1n) is 12.8. The number of hydrogen-bond acceptors (Lipinski definition) is 5. The molecule has 40 heavy (non-hydrogen) atoms. The van der Waals surface area contributed by atoms with Crippen molar-refractivity contribution in [2.75, 3.05) is 24.2 Å². The lowest BCUT2D eigenvalue weighted by Gasteiger charge is -2.35. The largest absolute Gasteiger partial charge is 0.497 e. The number of benzene rings is 3. The number of amides is 2. The predicted octanol–water partition coefficient (Wildman–Crippen LogP) is 4.78. The molecule has 0 fully saturated rings. The van der Waals surface area contributed by atoms with Crippen molar-refractivity contribution in [3.05, 3.63) is 94.5 Å². The average Bonchev–Trinajstić information content (AvgIpc) is 2.88. The van der Waals surface area contributed by atoms with Crippen LogP contribution in [0.5, 0.6) is 5.75 Å². The SMILES string of the molecule is COc1cccc(N(CC(=O)N(Cc2cccc(Br)c2)[C@@H](Cc2ccccc2)C(=O)NC(C)(C)C)S(C)(=O)=O)c1. The van der Waals surface area contributed by atoms with E-state index in [4.69, 9.17) is 4.74 Å². The molecule has 0 heterocycles. The molecule has 3 aromatic rings. The lowest BCUT2D eigenvalue weighted by molar-refractivity contribution is -0.140. The third kappa shape index (κ3) is 9.09. The van der Waals surface area contributed by atoms with Crippen LogP contribution in [0.15, 0.2) is 83.3 Å². The fraction of sp³-hybridized carbons (Fsp3) is 0.333. The van der Waals surface area contributed by atoms with Gasteiger partial charge in [0.15, 0.2) is 0 Å². The first-order valence-corrected chi connectivity index (χ1v) is 15.4. The van der Waals surface area contributed by atoms with Crippen LogP contribution in [0.25, 0.3) is 0 Å². The molecule has 0 saturated carbocycles. The van der Waals surface area contributed by atoms with E-state index in [1.165, 1.54) is 12.0 Å². The van der Waals surface area contributed by atoms with Gasteiger partial charge in [0, 0.05) is 29.0 Å². The summed E-state index contributed by atoms with van der Waals surface area (Å²) in [6, 6.07) is 22.5. The second kappa shape index (κ2) is 13.3. The number of nitrogens with one attached hydrogen (secondary N) is 1. The summed E-state index contributed by atoms with van der Waals surface area (Å²) in [5.74, 6) is -0.388. The van der Waals surface area contributed by atoms with Crippen LogP contribution in [0.1, 0.15) is 31.9 Å². The van der Waals surface area contributed by atoms with Crippen LogP contribution in [-0.4, -0.2) is 56.6 Å². The van der Waals surface area contributed by atoms with E-state index in [-0.39, 0.29) is 24.6 Å². The molecule has 0 radical (unpaired) electrons. The Morgan fingerprint density at radius 2 is 1.60 bits per heavy atom. The molecule has 8 nitrogen and oxygen atoms in total. The molecule has 10 heteroatoms. The van der Waals surface area contributed by atoms with E-state index in [0.717, 1.165) is 26.2 Å². The first-order chi connectivity index (χ1) is 18.8. The van der Waals surface area contributed by atoms with E-state index in [2.05, 4.69) is 21.2 Å². The van der Waals surface area contributed by atoms with Gasteiger partial charge in [-0.05, 0) is 56.2 Å². The number of carbonyl (C=O) groups is 2. The molecule has 1 N–H and O–H groups in total. The molecular weight excluding hydrogens is 594 g/mol. The standard InChI is InChI=1S/C30H36BrN3O5S/c1-30(2,3)32-29(36)27(18-22-11-7-6-8-12-22)33(20-23-13-9-14-24(31)17-23)28(35)21-34(40(5,37)38)25-15-10-16-26(19-25)39-4/h6-17,19,27H,18,20-21H2,1-5H3,(H,32,36)/t27-/m0/s1. The minimum atomic E-state index is -3.86. The average molecular weight is 631 g/mol. The van der Waals surface area contributed by atoms with Gasteiger partial charge in [0.2, 0.25) is 21.8 Å². The second-order valence-electron chi connectivity index (χ2n) is 10.6. The predicted molar refractivity (Wildman–Crippen MR) is 162 cm³/mol. The van der Waals surface area contributed by atoms with Gasteiger partial charge in [0.25, 0.3) is 0 Å². The minimum absolute atomic E-state index is 0.100. The van der Waals surface area contributed by atoms with Crippen molar-refractivity contribution in [3.8, 4) is 5.75 Å². The summed E-state index contributed by atoms with van der Waals surface area (Å²) >= 11 is 3.48. The lowest BCUT2D eigenvalue weighted by Crippen LogP contribution is -2.56. The first kappa shape index (κ1) is 31.2. The van der Waals surface area contributed by atoms with E-state index in [9.17, 15) is 18.0 Å². The third-order valence-electron chi connectivity index (χ3n) is 6.03. The van der Waals surface area contributed by atoms with Gasteiger partial charge >= 0.3 is 0 Å². The molecule has 214 valence electrons. The summed E-state index contributed by atoms with van der Waals surface area (Å²) < 4.78 is 32.9. The number of sulfonamides is 1. The number of anilines is 1. The van der Waals surface area contributed by atoms with Gasteiger partial charge in [-0.2, -0.15) is 0 Å². The van der Waals surface area contributed by atoms with Gasteiger partial charge in [0.05, 0.1) is 19.1 Å². The van der Waals surface area contributed by atoms with Crippen LogP contribution in [0.3, 0.4) is 0 Å². The number of rotatable bonds is 11. The Balaban J connectivity index is 2.08. The Hall–Kier alpha value is -3.37. The smallest absolute Gasteiger partial charge is 0.244 e. The van der Waals surface area contributed by atoms with Crippen LogP contribution < -0.4 is 14.4 Å². The lowest BCUT2D eigenvalue weighted by atomic mass is 10.0. The van der Waals surface area contributed by atoms with E-state index < -0.39 is 34.1 Å². The van der Waals surface area contributed by atoms with Gasteiger partial charge in [-0.3, -0.25) is 13.9 Å². The maximum absolute atomic E-state index is 14.1. The van der Waals surface area contributed by atoms with E-state index in [1.54, 1.807) is 24.3 Å². The number of ether oxygens (including phenoxy) is 1. The van der Waals surface area contributed by atoms with E-state index in [1.807, 2.05) is 75.4 Å². The molecule has 0 aliphatic carbocycles. The maximum Gasteiger partial charge on any atom is 0.244 e. The number of halogens is 1. The topological polar surface area (TPSA) is 96.0 Å². The minimum Gasteiger partial charge on any atom is -0.497 e. The Labute approximate surface area is 245 Å². The van der Waals surface area contributed by atoms with Crippen LogP contribution >= 0.6 is 15.9 Å². The highest BCUT2D eigenvalue weighted by molar-refractivity contribution is 9.10. The summed E-state index contributed by atoms with van der Waals surface area (Å²) in [5.41, 5.74) is 1.40. The van der Waals surface area contributed by atoms with Gasteiger partial charge < -0.3 is 15.0 Å². The summed E-state index contributed by atoms with van der Waals surface area (Å²) in [7, 11) is -2.38. The van der Waals surface area contributed by atoms with Crippen molar-refractivity contribution in [1.29, 1.82) is 0 Å². The van der Waals surface area contributed by atoms with Crippen molar-refractivity contribution in [2.45, 2.75) is 45.3 Å². The van der Waals surface area contributed by atoms with Gasteiger partial charge in [0.1, 0.15) is 18.3 Å². The number of nitrogens with zero attached hydrogens (tertiary/aromatic N) is 2. The zero-order valence-electron chi connectivity index (χ0n) is 23.4. The molecule has 0 aliphatic rings. The Bertz CT molecular complexity index is 1420. The number of methoxy groups -OCH3 is 1. The molecule has 0 unspecified atom stereocenters. The maximum atomic E-state index is 14.1. The fourth-order valence-electron chi connectivity index (χ4n) is 4.22. The molecule has 3 rings (SSSR count). The van der Waals surface area contributed by atoms with Crippen molar-refractivity contribution in [3.63, 3.8) is 0 Å². The summed E-state index contributed by atoms with van der Waals surface area (Å²) in [6.45, 7) is 5.23. The highest BCUT2D eigenvalue weighted by atomic mass is 79.9. The van der Waals surface area contributed by atoms with Crippen LogP contribution in [0.2, 0.25) is 0 Å². The molecular formula is C30H36BrN3O5S. The molecule has 0 saturated heterocycles. The van der Waals surface area contributed by atoms with Crippen LogP contribution in [0.4, 0.5) is 5.69 Å². The van der Waals surface area contributed by atoms with Crippen LogP contribution in [0, 0.1) is 0 Å². The molecule has 0 spiro atoms. The molecule has 3 aromatic carbocycles. The van der Waals surface area contributed by atoms with Gasteiger partial charge in [-0.15, -0.1) is 0 Å². The zero-order valence-corrected chi connectivity index (χ0v) is 25.8. The van der Waals surface area contributed by atoms with Gasteiger partial charge in [-0.1, -0.05) is 64.5 Å². The van der Waals surface area contributed by atoms with E-state index in [0.29, 0.717) is 5.75 Å². The third-order valence-corrected chi connectivity index (χ3v) is 7.67. The van der Waals surface area contributed by atoms with Crippen molar-refractivity contribution < 1.29 is 22.7 Å². The molecule has 0 aliphatic heterocycles. The Morgan fingerprint density at radius 3 is 2.20 bits per heavy atom. The van der Waals surface area contributed by atoms with Crippen molar-refractivity contribution >= 4 is 43.5 Å². The van der Waals surface area contributed by atoms with Crippen molar-refractivity contribution in [1.82, 2.24) is 10.2 Å². The quantitative estimate of drug-likeness (QED) is 0.329. The summed E-state index contributed by atoms with van der Waals surface area (Å²) in [6.07, 6.45) is 1.30. The monoisotopic (exact) mass is 629 g/mol. The van der Waals surface area contributed by atoms with Crippen molar-refractivity contribution in [2.24, 2.45) is 0 Å². The highest BCUT2D eigenvalue weighted by Crippen LogP contribution is 2.25. The highest BCUT2D eigenvalue weighted by Gasteiger charge is 2.34. The van der Waals surface area contributed by atoms with E-state index >= 15 is 0 Å². The molecule has 2 amide bonds. The summed E-state index contributed by atoms with van der Waals surface area (Å²) in [4.78, 5) is 29.3. The fourth-order valence-corrected chi connectivity index (χ4v) is 5.51. The second-order valence-corrected chi connectivity index (χ2v) is 13.4. The zero-order chi connectivity index (χ0) is 29.5. The molecule has 0 aromatic heterocycles. The summed E-state index contributed by atoms with van der Waals surface area (Å²) in [5, 5.41) is 3.01. The Morgan fingerprint density at radius 1 is 0.950 bits per heavy atom. The Kier molecular flexibility index (Phi) is 10.4.